The SMILES string of the molecule is Cc1ccc(C2C=C3C(=CC2N)C(c2ccc(CC4CO4)cc2)(c2ccc(CC4CO4)cc2)c2cc(N)ccc23)cc1-c1ccc2ccccc2c1C. The van der Waals surface area contributed by atoms with Gasteiger partial charge in [0.25, 0.3) is 0 Å². The molecule has 2 fully saturated rings. The number of ether oxygens (including phenoxy) is 2. The van der Waals surface area contributed by atoms with E-state index in [1.165, 1.54) is 83.1 Å². The predicted molar refractivity (Wildman–Crippen MR) is 216 cm³/mol. The molecular weight excluding hydrogens is 649 g/mol. The summed E-state index contributed by atoms with van der Waals surface area (Å²) in [4.78, 5) is 0. The highest BCUT2D eigenvalue weighted by molar-refractivity contribution is 5.96. The van der Waals surface area contributed by atoms with E-state index >= 15 is 0 Å². The van der Waals surface area contributed by atoms with Crippen LogP contribution in [0.5, 0.6) is 0 Å². The molecule has 262 valence electrons. The molecule has 2 heterocycles. The molecule has 0 amide bonds. The molecule has 4 heteroatoms. The third kappa shape index (κ3) is 5.47. The molecule has 0 aromatic heterocycles. The Morgan fingerprint density at radius 2 is 1.30 bits per heavy atom. The first-order valence-corrected chi connectivity index (χ1v) is 19.0. The molecule has 4 unspecified atom stereocenters. The lowest BCUT2D eigenvalue weighted by molar-refractivity contribution is 0.407. The zero-order chi connectivity index (χ0) is 35.8. The minimum absolute atomic E-state index is 0.00287. The monoisotopic (exact) mass is 692 g/mol. The Kier molecular flexibility index (Phi) is 7.59. The first kappa shape index (κ1) is 32.4. The van der Waals surface area contributed by atoms with Gasteiger partial charge in [0.2, 0.25) is 0 Å². The molecule has 4 aliphatic rings. The van der Waals surface area contributed by atoms with Crippen molar-refractivity contribution in [1.29, 1.82) is 0 Å². The van der Waals surface area contributed by atoms with Crippen molar-refractivity contribution in [3.8, 4) is 11.1 Å². The van der Waals surface area contributed by atoms with E-state index in [2.05, 4.69) is 141 Å². The molecule has 0 saturated carbocycles. The molecule has 4 N–H and O–H groups in total. The summed E-state index contributed by atoms with van der Waals surface area (Å²) in [6.07, 6.45) is 7.34. The number of epoxide rings is 2. The van der Waals surface area contributed by atoms with Crippen molar-refractivity contribution in [3.05, 3.63) is 189 Å². The van der Waals surface area contributed by atoms with Crippen LogP contribution in [-0.2, 0) is 27.7 Å². The first-order valence-electron chi connectivity index (χ1n) is 19.0. The fourth-order valence-corrected chi connectivity index (χ4v) is 9.22. The Labute approximate surface area is 311 Å². The Morgan fingerprint density at radius 1 is 0.660 bits per heavy atom. The van der Waals surface area contributed by atoms with Crippen molar-refractivity contribution in [3.63, 3.8) is 0 Å². The Hall–Kier alpha value is -5.26. The molecule has 2 aliphatic heterocycles. The highest BCUT2D eigenvalue weighted by Crippen LogP contribution is 2.59. The predicted octanol–water partition coefficient (Wildman–Crippen LogP) is 9.37. The maximum Gasteiger partial charge on any atom is 0.0850 e. The summed E-state index contributed by atoms with van der Waals surface area (Å²) >= 11 is 0. The van der Waals surface area contributed by atoms with Gasteiger partial charge in [-0.15, -0.1) is 0 Å². The second-order valence-corrected chi connectivity index (χ2v) is 15.6. The van der Waals surface area contributed by atoms with Crippen LogP contribution in [-0.4, -0.2) is 31.5 Å². The minimum Gasteiger partial charge on any atom is -0.399 e. The smallest absolute Gasteiger partial charge is 0.0850 e. The van der Waals surface area contributed by atoms with Gasteiger partial charge in [-0.1, -0.05) is 121 Å². The van der Waals surface area contributed by atoms with Gasteiger partial charge in [-0.05, 0) is 109 Å². The fraction of sp³-hybridized carbons (Fsp3) is 0.224. The van der Waals surface area contributed by atoms with Crippen molar-refractivity contribution < 1.29 is 9.47 Å². The maximum atomic E-state index is 7.34. The van der Waals surface area contributed by atoms with Crippen molar-refractivity contribution in [2.45, 2.75) is 56.3 Å². The number of fused-ring (bicyclic) bond motifs is 4. The molecule has 4 atom stereocenters. The van der Waals surface area contributed by atoms with Crippen LogP contribution in [0.15, 0.2) is 139 Å². The fourth-order valence-electron chi connectivity index (χ4n) is 9.22. The zero-order valence-corrected chi connectivity index (χ0v) is 30.3. The van der Waals surface area contributed by atoms with Crippen LogP contribution >= 0.6 is 0 Å². The number of allylic oxidation sites excluding steroid dienone is 2. The number of hydrogen-bond donors (Lipinski definition) is 2. The molecule has 2 aliphatic carbocycles. The van der Waals surface area contributed by atoms with Gasteiger partial charge in [0.15, 0.2) is 0 Å². The Bertz CT molecular complexity index is 2410. The minimum atomic E-state index is -0.580. The topological polar surface area (TPSA) is 77.1 Å². The lowest BCUT2D eigenvalue weighted by atomic mass is 9.65. The molecule has 2 saturated heterocycles. The van der Waals surface area contributed by atoms with Crippen LogP contribution in [0.1, 0.15) is 56.0 Å². The number of anilines is 1. The second kappa shape index (κ2) is 12.4. The summed E-state index contributed by atoms with van der Waals surface area (Å²) < 4.78 is 11.1. The summed E-state index contributed by atoms with van der Waals surface area (Å²) in [5.41, 5.74) is 30.4. The number of benzene rings is 6. The maximum absolute atomic E-state index is 7.34. The summed E-state index contributed by atoms with van der Waals surface area (Å²) in [6, 6.07) is 44.7. The largest absolute Gasteiger partial charge is 0.399 e. The van der Waals surface area contributed by atoms with Gasteiger partial charge in [-0.2, -0.15) is 0 Å². The van der Waals surface area contributed by atoms with Gasteiger partial charge in [-0.25, -0.2) is 0 Å². The third-order valence-electron chi connectivity index (χ3n) is 12.2. The van der Waals surface area contributed by atoms with Crippen LogP contribution in [0.4, 0.5) is 5.69 Å². The highest BCUT2D eigenvalue weighted by atomic mass is 16.6. The average Bonchev–Trinajstić information content (AvgIpc) is 4.12. The number of hydrogen-bond acceptors (Lipinski definition) is 4. The lowest BCUT2D eigenvalue weighted by Crippen LogP contribution is -2.34. The standard InChI is InChI=1S/C49H44N2O2/c1-29-7-12-34(23-43(29)41-19-13-33-5-3-4-6-40(33)30(41)2)44-25-45-42-20-18-37(50)24-46(42)49(47(45)26-48(44)51,35-14-8-31(9-15-35)21-38-27-52-38)36-16-10-32(11-17-36)22-39-28-53-39/h3-20,23-26,38-39,44,48H,21-22,27-28,50-51H2,1-2H3. The average molecular weight is 693 g/mol. The van der Waals surface area contributed by atoms with Crippen molar-refractivity contribution in [2.75, 3.05) is 18.9 Å². The second-order valence-electron chi connectivity index (χ2n) is 15.6. The summed E-state index contributed by atoms with van der Waals surface area (Å²) in [5.74, 6) is -0.00287. The zero-order valence-electron chi connectivity index (χ0n) is 30.3. The van der Waals surface area contributed by atoms with Gasteiger partial charge in [0, 0.05) is 30.5 Å². The third-order valence-corrected chi connectivity index (χ3v) is 12.2. The summed E-state index contributed by atoms with van der Waals surface area (Å²) in [7, 11) is 0. The van der Waals surface area contributed by atoms with Crippen LogP contribution in [0.3, 0.4) is 0 Å². The van der Waals surface area contributed by atoms with Gasteiger partial charge in [-0.3, -0.25) is 0 Å². The number of nitrogen functional groups attached to an aromatic ring is 1. The molecule has 6 aromatic rings. The van der Waals surface area contributed by atoms with E-state index in [0.717, 1.165) is 31.7 Å². The van der Waals surface area contributed by atoms with E-state index in [-0.39, 0.29) is 12.0 Å². The molecule has 53 heavy (non-hydrogen) atoms. The van der Waals surface area contributed by atoms with Gasteiger partial charge >= 0.3 is 0 Å². The Morgan fingerprint density at radius 3 is 1.96 bits per heavy atom. The number of aryl methyl sites for hydroxylation is 2. The van der Waals surface area contributed by atoms with Crippen molar-refractivity contribution in [1.82, 2.24) is 0 Å². The van der Waals surface area contributed by atoms with E-state index in [1.54, 1.807) is 0 Å². The molecule has 10 rings (SSSR count). The molecule has 6 aromatic carbocycles. The summed E-state index contributed by atoms with van der Waals surface area (Å²) in [5, 5.41) is 2.56. The molecule has 0 bridgehead atoms. The lowest BCUT2D eigenvalue weighted by Gasteiger charge is -2.37. The van der Waals surface area contributed by atoms with E-state index in [9.17, 15) is 0 Å². The van der Waals surface area contributed by atoms with Crippen LogP contribution < -0.4 is 11.5 Å². The number of nitrogens with two attached hydrogens (primary N) is 2. The normalized spacial score (nSPS) is 24.0. The van der Waals surface area contributed by atoms with E-state index < -0.39 is 5.41 Å². The molecular formula is C49H44N2O2. The van der Waals surface area contributed by atoms with E-state index in [4.69, 9.17) is 20.9 Å². The Balaban J connectivity index is 1.12. The van der Waals surface area contributed by atoms with Crippen LogP contribution in [0.25, 0.3) is 27.5 Å². The number of rotatable bonds is 8. The molecule has 0 spiro atoms. The molecule has 0 radical (unpaired) electrons. The highest BCUT2D eigenvalue weighted by Gasteiger charge is 2.50. The van der Waals surface area contributed by atoms with E-state index in [0.29, 0.717) is 12.2 Å². The van der Waals surface area contributed by atoms with E-state index in [1.807, 2.05) is 6.07 Å². The van der Waals surface area contributed by atoms with Gasteiger partial charge in [0.1, 0.15) is 0 Å². The quantitative estimate of drug-likeness (QED) is 0.123. The summed E-state index contributed by atoms with van der Waals surface area (Å²) in [6.45, 7) is 6.15. The van der Waals surface area contributed by atoms with Crippen LogP contribution in [0.2, 0.25) is 0 Å². The van der Waals surface area contributed by atoms with Crippen LogP contribution in [0, 0.1) is 13.8 Å². The first-order chi connectivity index (χ1) is 25.9. The van der Waals surface area contributed by atoms with Gasteiger partial charge in [0.05, 0.1) is 30.8 Å². The molecule has 4 nitrogen and oxygen atoms in total. The van der Waals surface area contributed by atoms with Crippen molar-refractivity contribution >= 4 is 22.0 Å². The van der Waals surface area contributed by atoms with Crippen molar-refractivity contribution in [2.24, 2.45) is 5.73 Å². The van der Waals surface area contributed by atoms with Gasteiger partial charge < -0.3 is 20.9 Å².